The van der Waals surface area contributed by atoms with Gasteiger partial charge < -0.3 is 21.3 Å². The van der Waals surface area contributed by atoms with Gasteiger partial charge in [-0.2, -0.15) is 0 Å². The third-order valence-electron chi connectivity index (χ3n) is 1.78. The molecule has 0 aromatic rings. The SMILES string of the molecule is CC(C)C(N)C(=O)NCC(O)C(=O)O. The van der Waals surface area contributed by atoms with Gasteiger partial charge >= 0.3 is 5.97 Å². The number of carbonyl (C=O) groups excluding carboxylic acids is 1. The van der Waals surface area contributed by atoms with Crippen LogP contribution in [0.1, 0.15) is 13.8 Å². The normalized spacial score (nSPS) is 14.9. The van der Waals surface area contributed by atoms with Crippen molar-refractivity contribution in [2.75, 3.05) is 6.54 Å². The Labute approximate surface area is 82.1 Å². The Morgan fingerprint density at radius 1 is 1.43 bits per heavy atom. The van der Waals surface area contributed by atoms with E-state index in [2.05, 4.69) is 5.32 Å². The number of nitrogens with one attached hydrogen (secondary N) is 1. The van der Waals surface area contributed by atoms with Crippen molar-refractivity contribution < 1.29 is 19.8 Å². The van der Waals surface area contributed by atoms with Crippen LogP contribution in [-0.2, 0) is 9.59 Å². The minimum atomic E-state index is -1.58. The molecule has 0 aliphatic carbocycles. The first-order valence-corrected chi connectivity index (χ1v) is 4.30. The summed E-state index contributed by atoms with van der Waals surface area (Å²) < 4.78 is 0. The lowest BCUT2D eigenvalue weighted by molar-refractivity contribution is -0.146. The van der Waals surface area contributed by atoms with Gasteiger partial charge in [0.05, 0.1) is 12.6 Å². The van der Waals surface area contributed by atoms with E-state index in [-0.39, 0.29) is 12.5 Å². The Balaban J connectivity index is 3.91. The fourth-order valence-corrected chi connectivity index (χ4v) is 0.705. The minimum Gasteiger partial charge on any atom is -0.479 e. The van der Waals surface area contributed by atoms with Crippen LogP contribution in [0.3, 0.4) is 0 Å². The molecule has 0 aromatic heterocycles. The Morgan fingerprint density at radius 3 is 2.29 bits per heavy atom. The number of aliphatic hydroxyl groups is 1. The molecule has 14 heavy (non-hydrogen) atoms. The molecule has 1 amide bonds. The summed E-state index contributed by atoms with van der Waals surface area (Å²) in [7, 11) is 0. The maximum Gasteiger partial charge on any atom is 0.334 e. The molecule has 0 radical (unpaired) electrons. The van der Waals surface area contributed by atoms with Gasteiger partial charge in [-0.3, -0.25) is 4.79 Å². The lowest BCUT2D eigenvalue weighted by Gasteiger charge is -2.15. The number of nitrogens with two attached hydrogens (primary N) is 1. The summed E-state index contributed by atoms with van der Waals surface area (Å²) in [6.45, 7) is 3.23. The van der Waals surface area contributed by atoms with E-state index in [1.807, 2.05) is 0 Å². The lowest BCUT2D eigenvalue weighted by Crippen LogP contribution is -2.47. The van der Waals surface area contributed by atoms with E-state index < -0.39 is 24.0 Å². The largest absolute Gasteiger partial charge is 0.479 e. The van der Waals surface area contributed by atoms with Crippen LogP contribution in [0.25, 0.3) is 0 Å². The molecule has 0 bridgehead atoms. The van der Waals surface area contributed by atoms with Crippen LogP contribution in [0.4, 0.5) is 0 Å². The fraction of sp³-hybridized carbons (Fsp3) is 0.750. The molecule has 0 heterocycles. The topological polar surface area (TPSA) is 113 Å². The van der Waals surface area contributed by atoms with Gasteiger partial charge in [0, 0.05) is 0 Å². The summed E-state index contributed by atoms with van der Waals surface area (Å²) in [6, 6.07) is -0.684. The number of aliphatic hydroxyl groups excluding tert-OH is 1. The summed E-state index contributed by atoms with van der Waals surface area (Å²) in [5, 5.41) is 19.4. The van der Waals surface area contributed by atoms with Gasteiger partial charge in [-0.15, -0.1) is 0 Å². The van der Waals surface area contributed by atoms with Crippen LogP contribution in [0.15, 0.2) is 0 Å². The predicted molar refractivity (Wildman–Crippen MR) is 49.5 cm³/mol. The van der Waals surface area contributed by atoms with Gasteiger partial charge in [-0.05, 0) is 5.92 Å². The Hall–Kier alpha value is -1.14. The molecule has 0 rings (SSSR count). The molecule has 0 fully saturated rings. The molecular formula is C8H16N2O4. The van der Waals surface area contributed by atoms with Gasteiger partial charge in [0.15, 0.2) is 6.10 Å². The van der Waals surface area contributed by atoms with Crippen LogP contribution in [0.2, 0.25) is 0 Å². The molecule has 82 valence electrons. The lowest BCUT2D eigenvalue weighted by atomic mass is 10.1. The van der Waals surface area contributed by atoms with E-state index in [9.17, 15) is 9.59 Å². The predicted octanol–water partition coefficient (Wildman–Crippen LogP) is -1.47. The number of aliphatic carboxylic acids is 1. The first kappa shape index (κ1) is 12.9. The number of carboxylic acid groups (broad SMARTS) is 1. The highest BCUT2D eigenvalue weighted by atomic mass is 16.4. The monoisotopic (exact) mass is 204 g/mol. The molecule has 6 heteroatoms. The third-order valence-corrected chi connectivity index (χ3v) is 1.78. The zero-order valence-electron chi connectivity index (χ0n) is 8.23. The van der Waals surface area contributed by atoms with Gasteiger partial charge in [0.2, 0.25) is 5.91 Å². The van der Waals surface area contributed by atoms with Crippen LogP contribution >= 0.6 is 0 Å². The third kappa shape index (κ3) is 4.20. The number of hydrogen-bond acceptors (Lipinski definition) is 4. The average Bonchev–Trinajstić information content (AvgIpc) is 2.11. The molecule has 2 unspecified atom stereocenters. The van der Waals surface area contributed by atoms with Crippen LogP contribution in [0, 0.1) is 5.92 Å². The van der Waals surface area contributed by atoms with Crippen molar-refractivity contribution in [2.24, 2.45) is 11.7 Å². The summed E-state index contributed by atoms with van der Waals surface area (Å²) in [5.74, 6) is -1.86. The van der Waals surface area contributed by atoms with Crippen molar-refractivity contribution in [3.8, 4) is 0 Å². The second kappa shape index (κ2) is 5.56. The van der Waals surface area contributed by atoms with E-state index in [0.29, 0.717) is 0 Å². The van der Waals surface area contributed by atoms with Crippen molar-refractivity contribution >= 4 is 11.9 Å². The Bertz CT molecular complexity index is 217. The Morgan fingerprint density at radius 2 is 1.93 bits per heavy atom. The molecule has 0 saturated heterocycles. The van der Waals surface area contributed by atoms with E-state index in [4.69, 9.17) is 15.9 Å². The van der Waals surface area contributed by atoms with Gasteiger partial charge in [0.25, 0.3) is 0 Å². The quantitative estimate of drug-likeness (QED) is 0.437. The molecule has 0 saturated carbocycles. The van der Waals surface area contributed by atoms with Crippen molar-refractivity contribution in [1.29, 1.82) is 0 Å². The number of amides is 1. The molecule has 6 nitrogen and oxygen atoms in total. The molecule has 0 spiro atoms. The summed E-state index contributed by atoms with van der Waals surface area (Å²) >= 11 is 0. The maximum atomic E-state index is 11.2. The molecule has 0 aliphatic heterocycles. The standard InChI is InChI=1S/C8H16N2O4/c1-4(2)6(9)7(12)10-3-5(11)8(13)14/h4-6,11H,3,9H2,1-2H3,(H,10,12)(H,13,14). The smallest absolute Gasteiger partial charge is 0.334 e. The molecule has 5 N–H and O–H groups in total. The number of rotatable bonds is 5. The van der Waals surface area contributed by atoms with Crippen LogP contribution < -0.4 is 11.1 Å². The zero-order chi connectivity index (χ0) is 11.3. The number of hydrogen-bond donors (Lipinski definition) is 4. The average molecular weight is 204 g/mol. The van der Waals surface area contributed by atoms with E-state index >= 15 is 0 Å². The minimum absolute atomic E-state index is 0.0306. The Kier molecular flexibility index (Phi) is 5.11. The number of carbonyl (C=O) groups is 2. The zero-order valence-corrected chi connectivity index (χ0v) is 8.23. The molecule has 2 atom stereocenters. The van der Waals surface area contributed by atoms with E-state index in [1.165, 1.54) is 0 Å². The van der Waals surface area contributed by atoms with Gasteiger partial charge in [-0.25, -0.2) is 4.79 Å². The molecule has 0 aromatic carbocycles. The van der Waals surface area contributed by atoms with Gasteiger partial charge in [-0.1, -0.05) is 13.8 Å². The van der Waals surface area contributed by atoms with Crippen LogP contribution in [-0.4, -0.2) is 40.8 Å². The van der Waals surface area contributed by atoms with E-state index in [0.717, 1.165) is 0 Å². The first-order valence-electron chi connectivity index (χ1n) is 4.30. The number of carboxylic acids is 1. The summed E-state index contributed by atoms with van der Waals surface area (Å²) in [5.41, 5.74) is 5.48. The summed E-state index contributed by atoms with van der Waals surface area (Å²) in [6.07, 6.45) is -1.58. The van der Waals surface area contributed by atoms with Crippen molar-refractivity contribution in [3.05, 3.63) is 0 Å². The maximum absolute atomic E-state index is 11.2. The second-order valence-corrected chi connectivity index (χ2v) is 3.37. The van der Waals surface area contributed by atoms with Crippen molar-refractivity contribution in [3.63, 3.8) is 0 Å². The molecule has 0 aliphatic rings. The molecular weight excluding hydrogens is 188 g/mol. The highest BCUT2D eigenvalue weighted by Crippen LogP contribution is 1.97. The highest BCUT2D eigenvalue weighted by Gasteiger charge is 2.19. The highest BCUT2D eigenvalue weighted by molar-refractivity contribution is 5.82. The summed E-state index contributed by atoms with van der Waals surface area (Å²) in [4.78, 5) is 21.4. The van der Waals surface area contributed by atoms with Crippen molar-refractivity contribution in [1.82, 2.24) is 5.32 Å². The first-order chi connectivity index (χ1) is 6.36. The van der Waals surface area contributed by atoms with Crippen molar-refractivity contribution in [2.45, 2.75) is 26.0 Å². The second-order valence-electron chi connectivity index (χ2n) is 3.37. The van der Waals surface area contributed by atoms with Gasteiger partial charge in [0.1, 0.15) is 0 Å². The van der Waals surface area contributed by atoms with E-state index in [1.54, 1.807) is 13.8 Å². The fourth-order valence-electron chi connectivity index (χ4n) is 0.705. The van der Waals surface area contributed by atoms with Crippen LogP contribution in [0.5, 0.6) is 0 Å².